The van der Waals surface area contributed by atoms with Gasteiger partial charge in [-0.2, -0.15) is 0 Å². The molecule has 0 amide bonds. The minimum absolute atomic E-state index is 0.131. The first kappa shape index (κ1) is 16.1. The van der Waals surface area contributed by atoms with Crippen LogP contribution in [-0.4, -0.2) is 33.2 Å². The lowest BCUT2D eigenvalue weighted by Gasteiger charge is -2.21. The number of hydrogen-bond acceptors (Lipinski definition) is 6. The van der Waals surface area contributed by atoms with Gasteiger partial charge < -0.3 is 28.8 Å². The van der Waals surface area contributed by atoms with Crippen molar-refractivity contribution in [3.63, 3.8) is 0 Å². The molecule has 6 nitrogen and oxygen atoms in total. The molecule has 0 aromatic heterocycles. The van der Waals surface area contributed by atoms with Crippen LogP contribution < -0.4 is 23.7 Å². The van der Waals surface area contributed by atoms with Crippen LogP contribution >= 0.6 is 0 Å². The topological polar surface area (TPSA) is 66.4 Å². The Bertz CT molecular complexity index is 730. The molecule has 1 N–H and O–H groups in total. The van der Waals surface area contributed by atoms with E-state index in [-0.39, 0.29) is 18.5 Å². The molecule has 2 aromatic carbocycles. The van der Waals surface area contributed by atoms with Crippen LogP contribution in [0.25, 0.3) is 0 Å². The fraction of sp³-hybridized carbons (Fsp3) is 0.333. The summed E-state index contributed by atoms with van der Waals surface area (Å²) in [6.07, 6.45) is 0. The SMILES string of the molecule is COc1cc(OC)c(C(C)c2cc3c(cc2O)OCO3)c(OC)c1. The molecule has 1 aliphatic heterocycles. The summed E-state index contributed by atoms with van der Waals surface area (Å²) in [7, 11) is 4.76. The number of benzene rings is 2. The van der Waals surface area contributed by atoms with Gasteiger partial charge in [0.25, 0.3) is 0 Å². The minimum Gasteiger partial charge on any atom is -0.508 e. The van der Waals surface area contributed by atoms with Crippen molar-refractivity contribution in [2.75, 3.05) is 28.1 Å². The Balaban J connectivity index is 2.12. The van der Waals surface area contributed by atoms with Gasteiger partial charge in [-0.15, -0.1) is 0 Å². The van der Waals surface area contributed by atoms with E-state index in [0.717, 1.165) is 5.56 Å². The summed E-state index contributed by atoms with van der Waals surface area (Å²) in [6, 6.07) is 6.93. The van der Waals surface area contributed by atoms with Crippen LogP contribution in [0.1, 0.15) is 24.0 Å². The lowest BCUT2D eigenvalue weighted by Crippen LogP contribution is -2.04. The smallest absolute Gasteiger partial charge is 0.231 e. The molecule has 0 aliphatic carbocycles. The molecule has 1 unspecified atom stereocenters. The van der Waals surface area contributed by atoms with Crippen molar-refractivity contribution < 1.29 is 28.8 Å². The van der Waals surface area contributed by atoms with Crippen molar-refractivity contribution in [3.05, 3.63) is 35.4 Å². The molecule has 1 atom stereocenters. The fourth-order valence-corrected chi connectivity index (χ4v) is 2.91. The van der Waals surface area contributed by atoms with Crippen LogP contribution in [0.5, 0.6) is 34.5 Å². The van der Waals surface area contributed by atoms with Crippen molar-refractivity contribution in [2.24, 2.45) is 0 Å². The normalized spacial score (nSPS) is 13.5. The van der Waals surface area contributed by atoms with Crippen molar-refractivity contribution >= 4 is 0 Å². The third kappa shape index (κ3) is 2.64. The van der Waals surface area contributed by atoms with Gasteiger partial charge in [0.15, 0.2) is 11.5 Å². The van der Waals surface area contributed by atoms with Gasteiger partial charge >= 0.3 is 0 Å². The van der Waals surface area contributed by atoms with Gasteiger partial charge in [-0.3, -0.25) is 0 Å². The first-order valence-electron chi connectivity index (χ1n) is 7.51. The number of rotatable bonds is 5. The minimum atomic E-state index is -0.199. The average molecular weight is 332 g/mol. The maximum atomic E-state index is 10.4. The molecule has 24 heavy (non-hydrogen) atoms. The quantitative estimate of drug-likeness (QED) is 0.906. The molecule has 6 heteroatoms. The summed E-state index contributed by atoms with van der Waals surface area (Å²) in [5, 5.41) is 10.4. The molecular formula is C18H20O6. The highest BCUT2D eigenvalue weighted by Crippen LogP contribution is 2.46. The average Bonchev–Trinajstić information content (AvgIpc) is 3.06. The monoisotopic (exact) mass is 332 g/mol. The summed E-state index contributed by atoms with van der Waals surface area (Å²) < 4.78 is 27.0. The Morgan fingerprint density at radius 2 is 1.50 bits per heavy atom. The number of methoxy groups -OCH3 is 3. The van der Waals surface area contributed by atoms with Gasteiger partial charge in [0.1, 0.15) is 23.0 Å². The summed E-state index contributed by atoms with van der Waals surface area (Å²) in [5.74, 6) is 2.96. The zero-order chi connectivity index (χ0) is 17.3. The van der Waals surface area contributed by atoms with E-state index >= 15 is 0 Å². The molecule has 2 aromatic rings. The van der Waals surface area contributed by atoms with Gasteiger partial charge in [0.2, 0.25) is 6.79 Å². The van der Waals surface area contributed by atoms with Crippen LogP contribution in [-0.2, 0) is 0 Å². The Hall–Kier alpha value is -2.76. The molecule has 1 heterocycles. The second-order valence-corrected chi connectivity index (χ2v) is 5.43. The predicted octanol–water partition coefficient (Wildman–Crippen LogP) is 3.30. The van der Waals surface area contributed by atoms with Crippen LogP contribution in [0, 0.1) is 0 Å². The standard InChI is InChI=1S/C18H20O6/c1-10(12-7-14-15(8-13(12)19)24-9-23-14)18-16(21-3)5-11(20-2)6-17(18)22-4/h5-8,10,19H,9H2,1-4H3. The zero-order valence-corrected chi connectivity index (χ0v) is 14.1. The van der Waals surface area contributed by atoms with Crippen molar-refractivity contribution in [1.29, 1.82) is 0 Å². The molecule has 3 rings (SSSR count). The summed E-state index contributed by atoms with van der Waals surface area (Å²) in [4.78, 5) is 0. The Labute approximate surface area is 140 Å². The molecule has 0 fully saturated rings. The fourth-order valence-electron chi connectivity index (χ4n) is 2.91. The van der Waals surface area contributed by atoms with E-state index in [0.29, 0.717) is 34.3 Å². The van der Waals surface area contributed by atoms with Crippen molar-refractivity contribution in [1.82, 2.24) is 0 Å². The van der Waals surface area contributed by atoms with Gasteiger partial charge in [-0.05, 0) is 6.07 Å². The lowest BCUT2D eigenvalue weighted by atomic mass is 9.90. The van der Waals surface area contributed by atoms with Crippen LogP contribution in [0.2, 0.25) is 0 Å². The van der Waals surface area contributed by atoms with E-state index in [1.54, 1.807) is 45.6 Å². The number of fused-ring (bicyclic) bond motifs is 1. The van der Waals surface area contributed by atoms with Gasteiger partial charge in [0.05, 0.1) is 21.3 Å². The van der Waals surface area contributed by atoms with E-state index in [1.165, 1.54) is 0 Å². The summed E-state index contributed by atoms with van der Waals surface area (Å²) >= 11 is 0. The number of aromatic hydroxyl groups is 1. The van der Waals surface area contributed by atoms with E-state index < -0.39 is 0 Å². The van der Waals surface area contributed by atoms with Crippen molar-refractivity contribution in [2.45, 2.75) is 12.8 Å². The number of phenols is 1. The number of ether oxygens (including phenoxy) is 5. The maximum absolute atomic E-state index is 10.4. The van der Waals surface area contributed by atoms with Crippen LogP contribution in [0.3, 0.4) is 0 Å². The van der Waals surface area contributed by atoms with Crippen LogP contribution in [0.15, 0.2) is 24.3 Å². The molecular weight excluding hydrogens is 312 g/mol. The van der Waals surface area contributed by atoms with Gasteiger partial charge in [-0.25, -0.2) is 0 Å². The predicted molar refractivity (Wildman–Crippen MR) is 87.8 cm³/mol. The van der Waals surface area contributed by atoms with Gasteiger partial charge in [-0.1, -0.05) is 6.92 Å². The molecule has 1 aliphatic rings. The molecule has 128 valence electrons. The van der Waals surface area contributed by atoms with E-state index in [9.17, 15) is 5.11 Å². The second-order valence-electron chi connectivity index (χ2n) is 5.43. The first-order valence-corrected chi connectivity index (χ1v) is 7.51. The summed E-state index contributed by atoms with van der Waals surface area (Å²) in [6.45, 7) is 2.12. The van der Waals surface area contributed by atoms with Crippen molar-refractivity contribution in [3.8, 4) is 34.5 Å². The van der Waals surface area contributed by atoms with Crippen LogP contribution in [0.4, 0.5) is 0 Å². The van der Waals surface area contributed by atoms with Gasteiger partial charge in [0, 0.05) is 35.2 Å². The first-order chi connectivity index (χ1) is 11.6. The third-order valence-corrected chi connectivity index (χ3v) is 4.17. The highest BCUT2D eigenvalue weighted by Gasteiger charge is 2.25. The van der Waals surface area contributed by atoms with E-state index in [2.05, 4.69) is 0 Å². The lowest BCUT2D eigenvalue weighted by molar-refractivity contribution is 0.174. The van der Waals surface area contributed by atoms with E-state index in [4.69, 9.17) is 23.7 Å². The summed E-state index contributed by atoms with van der Waals surface area (Å²) in [5.41, 5.74) is 1.51. The molecule has 0 saturated heterocycles. The zero-order valence-electron chi connectivity index (χ0n) is 14.1. The molecule has 0 bridgehead atoms. The largest absolute Gasteiger partial charge is 0.508 e. The Morgan fingerprint density at radius 3 is 2.04 bits per heavy atom. The Kier molecular flexibility index (Phi) is 4.29. The second kappa shape index (κ2) is 6.39. The number of phenolic OH excluding ortho intramolecular Hbond substituents is 1. The highest BCUT2D eigenvalue weighted by atomic mass is 16.7. The molecule has 0 saturated carbocycles. The maximum Gasteiger partial charge on any atom is 0.231 e. The highest BCUT2D eigenvalue weighted by molar-refractivity contribution is 5.59. The number of hydrogen-bond donors (Lipinski definition) is 1. The van der Waals surface area contributed by atoms with E-state index in [1.807, 2.05) is 6.92 Å². The molecule has 0 spiro atoms. The Morgan fingerprint density at radius 1 is 0.917 bits per heavy atom. The molecule has 0 radical (unpaired) electrons. The third-order valence-electron chi connectivity index (χ3n) is 4.17.